The molecule has 1 aliphatic rings. The Hall–Kier alpha value is -2.63. The average molecular weight is 383 g/mol. The number of hydrogen-bond acceptors (Lipinski definition) is 4. The summed E-state index contributed by atoms with van der Waals surface area (Å²) in [6.07, 6.45) is 4.94. The van der Waals surface area contributed by atoms with E-state index in [1.165, 1.54) is 0 Å². The maximum atomic E-state index is 13.3. The van der Waals surface area contributed by atoms with Crippen LogP contribution in [0.25, 0.3) is 5.69 Å². The molecular formula is C22H29N3O3. The summed E-state index contributed by atoms with van der Waals surface area (Å²) >= 11 is 0. The van der Waals surface area contributed by atoms with E-state index >= 15 is 0 Å². The van der Waals surface area contributed by atoms with Gasteiger partial charge in [-0.2, -0.15) is 5.10 Å². The Labute approximate surface area is 166 Å². The minimum atomic E-state index is -0.237. The fraction of sp³-hybridized carbons (Fsp3) is 0.500. The largest absolute Gasteiger partial charge is 0.466 e. The van der Waals surface area contributed by atoms with Crippen molar-refractivity contribution in [1.29, 1.82) is 0 Å². The van der Waals surface area contributed by atoms with Gasteiger partial charge in [0.2, 0.25) is 0 Å². The molecule has 0 spiro atoms. The van der Waals surface area contributed by atoms with E-state index in [0.717, 1.165) is 42.6 Å². The Kier molecular flexibility index (Phi) is 6.49. The molecule has 1 aromatic heterocycles. The van der Waals surface area contributed by atoms with Gasteiger partial charge in [0.15, 0.2) is 0 Å². The van der Waals surface area contributed by atoms with Crippen molar-refractivity contribution in [1.82, 2.24) is 14.7 Å². The van der Waals surface area contributed by atoms with E-state index in [-0.39, 0.29) is 17.8 Å². The van der Waals surface area contributed by atoms with Gasteiger partial charge in [-0.05, 0) is 44.7 Å². The van der Waals surface area contributed by atoms with E-state index in [2.05, 4.69) is 12.0 Å². The zero-order chi connectivity index (χ0) is 20.1. The molecule has 0 radical (unpaired) electrons. The standard InChI is InChI=1S/C22H29N3O3/c1-4-9-20-18(14-23-25(20)19-12-7-6-10-16(19)3)21(26)24-13-8-11-17(15-24)22(27)28-5-2/h6-7,10,12,14,17H,4-5,8-9,11,13,15H2,1-3H3. The van der Waals surface area contributed by atoms with E-state index in [9.17, 15) is 9.59 Å². The van der Waals surface area contributed by atoms with Crippen LogP contribution in [0.5, 0.6) is 0 Å². The summed E-state index contributed by atoms with van der Waals surface area (Å²) in [5, 5.41) is 4.54. The van der Waals surface area contributed by atoms with Gasteiger partial charge >= 0.3 is 5.97 Å². The number of benzene rings is 1. The molecule has 1 amide bonds. The first kappa shape index (κ1) is 20.1. The van der Waals surface area contributed by atoms with Crippen LogP contribution in [0.2, 0.25) is 0 Å². The van der Waals surface area contributed by atoms with Crippen LogP contribution in [0.1, 0.15) is 54.7 Å². The SMILES string of the molecule is CCCc1c(C(=O)N2CCCC(C(=O)OCC)C2)cnn1-c1ccccc1C. The van der Waals surface area contributed by atoms with Crippen molar-refractivity contribution in [3.8, 4) is 5.69 Å². The third-order valence-corrected chi connectivity index (χ3v) is 5.26. The van der Waals surface area contributed by atoms with Gasteiger partial charge in [-0.3, -0.25) is 9.59 Å². The quantitative estimate of drug-likeness (QED) is 0.716. The molecule has 3 rings (SSSR count). The molecular weight excluding hydrogens is 354 g/mol. The molecule has 6 nitrogen and oxygen atoms in total. The number of esters is 1. The molecule has 150 valence electrons. The van der Waals surface area contributed by atoms with E-state index in [4.69, 9.17) is 4.74 Å². The molecule has 1 aromatic carbocycles. The fourth-order valence-corrected chi connectivity index (χ4v) is 3.82. The number of likely N-dealkylation sites (tertiary alicyclic amines) is 1. The molecule has 1 saturated heterocycles. The first-order valence-corrected chi connectivity index (χ1v) is 10.2. The molecule has 0 saturated carbocycles. The molecule has 1 fully saturated rings. The van der Waals surface area contributed by atoms with Gasteiger partial charge in [-0.15, -0.1) is 0 Å². The van der Waals surface area contributed by atoms with Crippen LogP contribution in [-0.4, -0.2) is 46.3 Å². The number of hydrogen-bond donors (Lipinski definition) is 0. The Morgan fingerprint density at radius 3 is 2.75 bits per heavy atom. The Bertz CT molecular complexity index is 843. The molecule has 2 heterocycles. The lowest BCUT2D eigenvalue weighted by Crippen LogP contribution is -2.43. The van der Waals surface area contributed by atoms with Crippen LogP contribution in [0.3, 0.4) is 0 Å². The van der Waals surface area contributed by atoms with Crippen LogP contribution in [0, 0.1) is 12.8 Å². The average Bonchev–Trinajstić information content (AvgIpc) is 3.12. The Morgan fingerprint density at radius 1 is 1.25 bits per heavy atom. The van der Waals surface area contributed by atoms with Gasteiger partial charge in [0.05, 0.1) is 35.7 Å². The summed E-state index contributed by atoms with van der Waals surface area (Å²) < 4.78 is 7.05. The van der Waals surface area contributed by atoms with Crippen molar-refractivity contribution in [2.75, 3.05) is 19.7 Å². The number of carbonyl (C=O) groups excluding carboxylic acids is 2. The van der Waals surface area contributed by atoms with E-state index < -0.39 is 0 Å². The van der Waals surface area contributed by atoms with E-state index in [1.807, 2.05) is 35.9 Å². The van der Waals surface area contributed by atoms with Crippen LogP contribution in [-0.2, 0) is 16.0 Å². The molecule has 6 heteroatoms. The summed E-state index contributed by atoms with van der Waals surface area (Å²) in [6.45, 7) is 7.40. The highest BCUT2D eigenvalue weighted by Gasteiger charge is 2.31. The normalized spacial score (nSPS) is 16.8. The second-order valence-corrected chi connectivity index (χ2v) is 7.30. The monoisotopic (exact) mass is 383 g/mol. The second-order valence-electron chi connectivity index (χ2n) is 7.30. The van der Waals surface area contributed by atoms with Gasteiger partial charge in [0.25, 0.3) is 5.91 Å². The summed E-state index contributed by atoms with van der Waals surface area (Å²) in [7, 11) is 0. The molecule has 1 unspecified atom stereocenters. The van der Waals surface area contributed by atoms with Crippen molar-refractivity contribution in [2.24, 2.45) is 5.92 Å². The number of rotatable bonds is 6. The Morgan fingerprint density at radius 2 is 2.04 bits per heavy atom. The first-order valence-electron chi connectivity index (χ1n) is 10.2. The summed E-state index contributed by atoms with van der Waals surface area (Å²) in [5.41, 5.74) is 3.67. The molecule has 0 N–H and O–H groups in total. The van der Waals surface area contributed by atoms with E-state index in [1.54, 1.807) is 18.0 Å². The van der Waals surface area contributed by atoms with Crippen LogP contribution in [0.4, 0.5) is 0 Å². The first-order chi connectivity index (χ1) is 13.6. The number of nitrogens with zero attached hydrogens (tertiary/aromatic N) is 3. The zero-order valence-electron chi connectivity index (χ0n) is 17.0. The van der Waals surface area contributed by atoms with Crippen molar-refractivity contribution in [3.05, 3.63) is 47.3 Å². The molecule has 0 aliphatic carbocycles. The molecule has 28 heavy (non-hydrogen) atoms. The smallest absolute Gasteiger partial charge is 0.310 e. The number of para-hydroxylation sites is 1. The van der Waals surface area contributed by atoms with Crippen LogP contribution < -0.4 is 0 Å². The topological polar surface area (TPSA) is 64.4 Å². The van der Waals surface area contributed by atoms with Crippen molar-refractivity contribution in [2.45, 2.75) is 46.5 Å². The molecule has 0 bridgehead atoms. The van der Waals surface area contributed by atoms with Crippen molar-refractivity contribution in [3.63, 3.8) is 0 Å². The molecule has 2 aromatic rings. The number of carbonyl (C=O) groups is 2. The fourth-order valence-electron chi connectivity index (χ4n) is 3.82. The lowest BCUT2D eigenvalue weighted by Gasteiger charge is -2.31. The third-order valence-electron chi connectivity index (χ3n) is 5.26. The summed E-state index contributed by atoms with van der Waals surface area (Å²) in [5.74, 6) is -0.486. The highest BCUT2D eigenvalue weighted by Crippen LogP contribution is 2.24. The number of amides is 1. The summed E-state index contributed by atoms with van der Waals surface area (Å²) in [4.78, 5) is 27.2. The predicted octanol–water partition coefficient (Wildman–Crippen LogP) is 3.55. The van der Waals surface area contributed by atoms with Gasteiger partial charge in [-0.1, -0.05) is 31.5 Å². The van der Waals surface area contributed by atoms with Gasteiger partial charge in [0.1, 0.15) is 0 Å². The minimum absolute atomic E-state index is 0.0442. The zero-order valence-corrected chi connectivity index (χ0v) is 17.0. The van der Waals surface area contributed by atoms with Crippen LogP contribution in [0.15, 0.2) is 30.5 Å². The molecule has 1 atom stereocenters. The van der Waals surface area contributed by atoms with Crippen molar-refractivity contribution >= 4 is 11.9 Å². The summed E-state index contributed by atoms with van der Waals surface area (Å²) in [6, 6.07) is 8.04. The lowest BCUT2D eigenvalue weighted by atomic mass is 9.97. The predicted molar refractivity (Wildman–Crippen MR) is 108 cm³/mol. The van der Waals surface area contributed by atoms with Gasteiger partial charge < -0.3 is 9.64 Å². The number of aromatic nitrogens is 2. The number of ether oxygens (including phenoxy) is 1. The third kappa shape index (κ3) is 4.11. The maximum absolute atomic E-state index is 13.3. The highest BCUT2D eigenvalue weighted by molar-refractivity contribution is 5.95. The Balaban J connectivity index is 1.87. The van der Waals surface area contributed by atoms with Crippen molar-refractivity contribution < 1.29 is 14.3 Å². The number of aryl methyl sites for hydroxylation is 1. The minimum Gasteiger partial charge on any atom is -0.466 e. The second kappa shape index (κ2) is 9.04. The maximum Gasteiger partial charge on any atom is 0.310 e. The lowest BCUT2D eigenvalue weighted by molar-refractivity contribution is -0.149. The van der Waals surface area contributed by atoms with Gasteiger partial charge in [-0.25, -0.2) is 4.68 Å². The number of piperidine rings is 1. The van der Waals surface area contributed by atoms with Gasteiger partial charge in [0, 0.05) is 13.1 Å². The molecule has 1 aliphatic heterocycles. The van der Waals surface area contributed by atoms with E-state index in [0.29, 0.717) is 25.3 Å². The van der Waals surface area contributed by atoms with Crippen LogP contribution >= 0.6 is 0 Å². The highest BCUT2D eigenvalue weighted by atomic mass is 16.5.